The summed E-state index contributed by atoms with van der Waals surface area (Å²) in [6.07, 6.45) is 3.47. The molecule has 1 fully saturated rings. The van der Waals surface area contributed by atoms with Crippen molar-refractivity contribution in [1.82, 2.24) is 5.32 Å². The van der Waals surface area contributed by atoms with Crippen molar-refractivity contribution in [3.63, 3.8) is 0 Å². The average molecular weight is 168 g/mol. The van der Waals surface area contributed by atoms with Crippen molar-refractivity contribution in [2.24, 2.45) is 0 Å². The van der Waals surface area contributed by atoms with Gasteiger partial charge in [-0.1, -0.05) is 0 Å². The van der Waals surface area contributed by atoms with E-state index in [1.54, 1.807) is 12.5 Å². The molecule has 1 atom stereocenters. The minimum Gasteiger partial charge on any atom is -0.472 e. The van der Waals surface area contributed by atoms with E-state index in [0.29, 0.717) is 6.04 Å². The second kappa shape index (κ2) is 2.91. The Labute approximate surface area is 70.4 Å². The van der Waals surface area contributed by atoms with Gasteiger partial charge < -0.3 is 4.42 Å². The molecule has 11 heavy (non-hydrogen) atoms. The fourth-order valence-corrected chi connectivity index (χ4v) is 2.14. The Morgan fingerprint density at radius 1 is 1.73 bits per heavy atom. The maximum absolute atomic E-state index is 4.99. The van der Waals surface area contributed by atoms with Crippen LogP contribution < -0.4 is 5.32 Å². The Morgan fingerprint density at radius 3 is 3.18 bits per heavy atom. The standard InChI is InChI=1S/C8H10NOS/c1-6-5-11-8(9-6)7-2-3-10-4-7/h2-4,6,9H,5H2,1H3. The van der Waals surface area contributed by atoms with Crippen LogP contribution in [0.25, 0.3) is 0 Å². The van der Waals surface area contributed by atoms with E-state index in [0.717, 1.165) is 5.75 Å². The summed E-state index contributed by atoms with van der Waals surface area (Å²) in [5.41, 5.74) is 1.17. The minimum absolute atomic E-state index is 0.588. The first-order valence-corrected chi connectivity index (χ1v) is 4.63. The van der Waals surface area contributed by atoms with Crippen LogP contribution >= 0.6 is 11.8 Å². The Balaban J connectivity index is 2.08. The molecule has 1 radical (unpaired) electrons. The van der Waals surface area contributed by atoms with Gasteiger partial charge in [-0.05, 0) is 13.0 Å². The molecule has 59 valence electrons. The lowest BCUT2D eigenvalue weighted by molar-refractivity contribution is 0.564. The van der Waals surface area contributed by atoms with Gasteiger partial charge in [0, 0.05) is 17.4 Å². The number of hydrogen-bond acceptors (Lipinski definition) is 3. The summed E-state index contributed by atoms with van der Waals surface area (Å²) in [6.45, 7) is 2.18. The predicted octanol–water partition coefficient (Wildman–Crippen LogP) is 1.84. The van der Waals surface area contributed by atoms with Crippen LogP contribution in [0.15, 0.2) is 23.0 Å². The number of hydrogen-bond donors (Lipinski definition) is 1. The van der Waals surface area contributed by atoms with Crippen molar-refractivity contribution in [2.45, 2.75) is 13.0 Å². The highest BCUT2D eigenvalue weighted by molar-refractivity contribution is 8.02. The highest BCUT2D eigenvalue weighted by atomic mass is 32.2. The van der Waals surface area contributed by atoms with E-state index in [1.165, 1.54) is 10.9 Å². The van der Waals surface area contributed by atoms with Crippen LogP contribution in [0.4, 0.5) is 0 Å². The van der Waals surface area contributed by atoms with E-state index < -0.39 is 0 Å². The van der Waals surface area contributed by atoms with Crippen molar-refractivity contribution in [2.75, 3.05) is 5.75 Å². The van der Waals surface area contributed by atoms with Gasteiger partial charge in [-0.2, -0.15) is 0 Å². The van der Waals surface area contributed by atoms with Crippen LogP contribution in [0.1, 0.15) is 12.5 Å². The first-order chi connectivity index (χ1) is 5.36. The molecule has 1 aliphatic heterocycles. The quantitative estimate of drug-likeness (QED) is 0.692. The molecule has 0 bridgehead atoms. The van der Waals surface area contributed by atoms with Crippen molar-refractivity contribution in [1.29, 1.82) is 0 Å². The Kier molecular flexibility index (Phi) is 1.92. The summed E-state index contributed by atoms with van der Waals surface area (Å²) in [4.78, 5) is 0. The first-order valence-electron chi connectivity index (χ1n) is 3.65. The summed E-state index contributed by atoms with van der Waals surface area (Å²) < 4.78 is 4.99. The van der Waals surface area contributed by atoms with Gasteiger partial charge in [0.05, 0.1) is 12.5 Å². The van der Waals surface area contributed by atoms with Crippen LogP contribution in [0, 0.1) is 5.37 Å². The third kappa shape index (κ3) is 1.44. The smallest absolute Gasteiger partial charge is 0.126 e. The maximum atomic E-state index is 4.99. The summed E-state index contributed by atoms with van der Waals surface area (Å²) in [5.74, 6) is 1.15. The molecule has 0 spiro atoms. The summed E-state index contributed by atoms with van der Waals surface area (Å²) in [7, 11) is 0. The molecule has 1 N–H and O–H groups in total. The van der Waals surface area contributed by atoms with Gasteiger partial charge in [0.2, 0.25) is 0 Å². The van der Waals surface area contributed by atoms with E-state index in [2.05, 4.69) is 12.2 Å². The molecule has 0 aliphatic carbocycles. The molecule has 1 aromatic heterocycles. The van der Waals surface area contributed by atoms with Gasteiger partial charge in [0.25, 0.3) is 0 Å². The third-order valence-corrected chi connectivity index (χ3v) is 2.95. The van der Waals surface area contributed by atoms with Gasteiger partial charge in [-0.15, -0.1) is 11.8 Å². The monoisotopic (exact) mass is 168 g/mol. The number of thioether (sulfide) groups is 1. The van der Waals surface area contributed by atoms with Crippen LogP contribution in [0.3, 0.4) is 0 Å². The van der Waals surface area contributed by atoms with Crippen molar-refractivity contribution >= 4 is 11.8 Å². The van der Waals surface area contributed by atoms with E-state index in [1.807, 2.05) is 17.8 Å². The number of nitrogens with one attached hydrogen (secondary N) is 1. The SMILES string of the molecule is CC1CS[C](c2ccoc2)N1. The lowest BCUT2D eigenvalue weighted by Crippen LogP contribution is -2.22. The van der Waals surface area contributed by atoms with Gasteiger partial charge in [0.15, 0.2) is 0 Å². The largest absolute Gasteiger partial charge is 0.472 e. The van der Waals surface area contributed by atoms with Crippen LogP contribution in [-0.2, 0) is 0 Å². The Bertz CT molecular complexity index is 222. The van der Waals surface area contributed by atoms with Crippen LogP contribution in [-0.4, -0.2) is 11.8 Å². The lowest BCUT2D eigenvalue weighted by Gasteiger charge is -2.05. The zero-order chi connectivity index (χ0) is 7.68. The van der Waals surface area contributed by atoms with E-state index in [4.69, 9.17) is 4.42 Å². The highest BCUT2D eigenvalue weighted by Crippen LogP contribution is 2.31. The van der Waals surface area contributed by atoms with E-state index in [9.17, 15) is 0 Å². The number of furan rings is 1. The number of rotatable bonds is 1. The average Bonchev–Trinajstić information content (AvgIpc) is 2.55. The molecule has 2 nitrogen and oxygen atoms in total. The molecular formula is C8H10NOS. The molecule has 2 rings (SSSR count). The molecule has 1 unspecified atom stereocenters. The molecular weight excluding hydrogens is 158 g/mol. The Morgan fingerprint density at radius 2 is 2.64 bits per heavy atom. The van der Waals surface area contributed by atoms with Crippen molar-refractivity contribution in [3.05, 3.63) is 29.5 Å². The van der Waals surface area contributed by atoms with Crippen LogP contribution in [0.5, 0.6) is 0 Å². The second-order valence-electron chi connectivity index (χ2n) is 2.70. The lowest BCUT2D eigenvalue weighted by atomic mass is 10.3. The second-order valence-corrected chi connectivity index (χ2v) is 3.73. The maximum Gasteiger partial charge on any atom is 0.126 e. The molecule has 3 heteroatoms. The van der Waals surface area contributed by atoms with E-state index >= 15 is 0 Å². The molecule has 1 saturated heterocycles. The minimum atomic E-state index is 0.588. The summed E-state index contributed by atoms with van der Waals surface area (Å²) in [6, 6.07) is 2.57. The fourth-order valence-electron chi connectivity index (χ4n) is 1.08. The normalized spacial score (nSPS) is 26.1. The van der Waals surface area contributed by atoms with E-state index in [-0.39, 0.29) is 0 Å². The highest BCUT2D eigenvalue weighted by Gasteiger charge is 2.23. The topological polar surface area (TPSA) is 25.2 Å². The Hall–Kier alpha value is -0.410. The van der Waals surface area contributed by atoms with Gasteiger partial charge >= 0.3 is 0 Å². The third-order valence-electron chi connectivity index (χ3n) is 1.64. The van der Waals surface area contributed by atoms with Gasteiger partial charge in [-0.3, -0.25) is 5.32 Å². The van der Waals surface area contributed by atoms with Gasteiger partial charge in [0.1, 0.15) is 5.37 Å². The molecule has 0 amide bonds. The van der Waals surface area contributed by atoms with Crippen LogP contribution in [0.2, 0.25) is 0 Å². The summed E-state index contributed by atoms with van der Waals surface area (Å²) >= 11 is 1.85. The van der Waals surface area contributed by atoms with Crippen molar-refractivity contribution < 1.29 is 4.42 Å². The zero-order valence-corrected chi connectivity index (χ0v) is 7.15. The molecule has 1 aliphatic rings. The fraction of sp³-hybridized carbons (Fsp3) is 0.375. The molecule has 0 saturated carbocycles. The molecule has 1 aromatic rings. The summed E-state index contributed by atoms with van der Waals surface area (Å²) in [5, 5.41) is 4.62. The molecule has 2 heterocycles. The predicted molar refractivity (Wildman–Crippen MR) is 46.1 cm³/mol. The first kappa shape index (κ1) is 7.25. The van der Waals surface area contributed by atoms with Crippen molar-refractivity contribution in [3.8, 4) is 0 Å². The molecule has 0 aromatic carbocycles. The van der Waals surface area contributed by atoms with Gasteiger partial charge in [-0.25, -0.2) is 0 Å². The zero-order valence-electron chi connectivity index (χ0n) is 6.33.